The van der Waals surface area contributed by atoms with E-state index in [1.807, 2.05) is 20.8 Å². The molecule has 1 aromatic rings. The van der Waals surface area contributed by atoms with Crippen molar-refractivity contribution in [2.24, 2.45) is 5.41 Å². The van der Waals surface area contributed by atoms with Crippen molar-refractivity contribution in [2.45, 2.75) is 20.8 Å². The average Bonchev–Trinajstić information content (AvgIpc) is 2.12. The Morgan fingerprint density at radius 3 is 2.67 bits per heavy atom. The lowest BCUT2D eigenvalue weighted by molar-refractivity contribution is -0.128. The maximum Gasteiger partial charge on any atom is 0.215 e. The summed E-state index contributed by atoms with van der Waals surface area (Å²) < 4.78 is 5.23. The monoisotopic (exact) mass is 227 g/mol. The highest BCUT2D eigenvalue weighted by Gasteiger charge is 2.21. The standard InChI is InChI=1S/C11H14ClNO2/c1-11(2,3)8(14)7-15-10-6-4-5-9(12)13-10/h4-6H,7H2,1-3H3. The largest absolute Gasteiger partial charge is 0.470 e. The Balaban J connectivity index is 2.55. The van der Waals surface area contributed by atoms with E-state index >= 15 is 0 Å². The van der Waals surface area contributed by atoms with E-state index in [4.69, 9.17) is 16.3 Å². The Kier molecular flexibility index (Phi) is 3.69. The summed E-state index contributed by atoms with van der Waals surface area (Å²) in [6.45, 7) is 5.58. The summed E-state index contributed by atoms with van der Waals surface area (Å²) in [5.41, 5.74) is -0.390. The van der Waals surface area contributed by atoms with Crippen LogP contribution in [0.3, 0.4) is 0 Å². The van der Waals surface area contributed by atoms with Crippen molar-refractivity contribution < 1.29 is 9.53 Å². The first kappa shape index (κ1) is 12.0. The molecule has 1 heterocycles. The molecule has 1 aromatic heterocycles. The first-order chi connectivity index (χ1) is 6.89. The number of pyridine rings is 1. The Morgan fingerprint density at radius 2 is 2.13 bits per heavy atom. The van der Waals surface area contributed by atoms with Crippen LogP contribution in [0, 0.1) is 5.41 Å². The van der Waals surface area contributed by atoms with Gasteiger partial charge in [-0.1, -0.05) is 38.4 Å². The summed E-state index contributed by atoms with van der Waals surface area (Å²) in [6, 6.07) is 5.05. The van der Waals surface area contributed by atoms with Crippen molar-refractivity contribution in [2.75, 3.05) is 6.61 Å². The van der Waals surface area contributed by atoms with Gasteiger partial charge in [0.05, 0.1) is 0 Å². The number of rotatable bonds is 3. The van der Waals surface area contributed by atoms with Crippen molar-refractivity contribution >= 4 is 17.4 Å². The molecule has 82 valence electrons. The second-order valence-corrected chi connectivity index (χ2v) is 4.65. The van der Waals surface area contributed by atoms with Crippen LogP contribution in [0.15, 0.2) is 18.2 Å². The lowest BCUT2D eigenvalue weighted by atomic mass is 9.91. The molecule has 1 rings (SSSR count). The van der Waals surface area contributed by atoms with E-state index in [0.29, 0.717) is 11.0 Å². The van der Waals surface area contributed by atoms with Crippen LogP contribution in [0.5, 0.6) is 5.88 Å². The first-order valence-electron chi connectivity index (χ1n) is 4.68. The van der Waals surface area contributed by atoms with Crippen molar-refractivity contribution in [3.8, 4) is 5.88 Å². The maximum atomic E-state index is 11.5. The third kappa shape index (κ3) is 3.88. The number of nitrogens with zero attached hydrogens (tertiary/aromatic N) is 1. The smallest absolute Gasteiger partial charge is 0.215 e. The van der Waals surface area contributed by atoms with Gasteiger partial charge in [0.2, 0.25) is 5.88 Å². The molecule has 0 saturated carbocycles. The van der Waals surface area contributed by atoms with Crippen LogP contribution < -0.4 is 4.74 Å². The zero-order valence-corrected chi connectivity index (χ0v) is 9.84. The lowest BCUT2D eigenvalue weighted by Crippen LogP contribution is -2.26. The van der Waals surface area contributed by atoms with Gasteiger partial charge in [-0.05, 0) is 6.07 Å². The van der Waals surface area contributed by atoms with Crippen LogP contribution in [0.4, 0.5) is 0 Å². The quantitative estimate of drug-likeness (QED) is 0.746. The van der Waals surface area contributed by atoms with Crippen molar-refractivity contribution in [3.05, 3.63) is 23.4 Å². The maximum absolute atomic E-state index is 11.5. The van der Waals surface area contributed by atoms with Gasteiger partial charge in [-0.25, -0.2) is 4.98 Å². The zero-order valence-electron chi connectivity index (χ0n) is 9.08. The van der Waals surface area contributed by atoms with Gasteiger partial charge < -0.3 is 4.74 Å². The van der Waals surface area contributed by atoms with Gasteiger partial charge >= 0.3 is 0 Å². The molecule has 0 aliphatic rings. The molecule has 15 heavy (non-hydrogen) atoms. The first-order valence-corrected chi connectivity index (χ1v) is 5.06. The fourth-order valence-corrected chi connectivity index (χ4v) is 0.982. The van der Waals surface area contributed by atoms with Crippen LogP contribution in [-0.4, -0.2) is 17.4 Å². The third-order valence-electron chi connectivity index (χ3n) is 1.88. The van der Waals surface area contributed by atoms with Gasteiger partial charge in [0.15, 0.2) is 5.78 Å². The average molecular weight is 228 g/mol. The predicted octanol–water partition coefficient (Wildman–Crippen LogP) is 2.73. The van der Waals surface area contributed by atoms with Gasteiger partial charge in [0.1, 0.15) is 11.8 Å². The van der Waals surface area contributed by atoms with Crippen LogP contribution in [-0.2, 0) is 4.79 Å². The van der Waals surface area contributed by atoms with Crippen LogP contribution in [0.2, 0.25) is 5.15 Å². The molecule has 0 spiro atoms. The number of ketones is 1. The molecule has 0 atom stereocenters. The molecule has 0 bridgehead atoms. The van der Waals surface area contributed by atoms with E-state index < -0.39 is 5.41 Å². The summed E-state index contributed by atoms with van der Waals surface area (Å²) in [5, 5.41) is 0.357. The number of hydrogen-bond donors (Lipinski definition) is 0. The number of hydrogen-bond acceptors (Lipinski definition) is 3. The number of carbonyl (C=O) groups is 1. The zero-order chi connectivity index (χ0) is 11.5. The Hall–Kier alpha value is -1.09. The van der Waals surface area contributed by atoms with Crippen LogP contribution in [0.25, 0.3) is 0 Å². The molecule has 0 aliphatic heterocycles. The van der Waals surface area contributed by atoms with Crippen molar-refractivity contribution in [3.63, 3.8) is 0 Å². The minimum Gasteiger partial charge on any atom is -0.470 e. The van der Waals surface area contributed by atoms with Gasteiger partial charge in [-0.3, -0.25) is 4.79 Å². The van der Waals surface area contributed by atoms with E-state index in [1.165, 1.54) is 0 Å². The molecule has 0 unspecified atom stereocenters. The Morgan fingerprint density at radius 1 is 1.47 bits per heavy atom. The molecular formula is C11H14ClNO2. The number of aromatic nitrogens is 1. The fraction of sp³-hybridized carbons (Fsp3) is 0.455. The molecule has 0 amide bonds. The SMILES string of the molecule is CC(C)(C)C(=O)COc1cccc(Cl)n1. The molecule has 3 nitrogen and oxygen atoms in total. The number of carbonyl (C=O) groups excluding carboxylic acids is 1. The summed E-state index contributed by atoms with van der Waals surface area (Å²) in [6.07, 6.45) is 0. The molecule has 0 N–H and O–H groups in total. The van der Waals surface area contributed by atoms with E-state index in [1.54, 1.807) is 18.2 Å². The lowest BCUT2D eigenvalue weighted by Gasteiger charge is -2.16. The third-order valence-corrected chi connectivity index (χ3v) is 2.09. The van der Waals surface area contributed by atoms with E-state index in [2.05, 4.69) is 4.98 Å². The van der Waals surface area contributed by atoms with Gasteiger partial charge in [-0.15, -0.1) is 0 Å². The van der Waals surface area contributed by atoms with Crippen LogP contribution >= 0.6 is 11.6 Å². The topological polar surface area (TPSA) is 39.2 Å². The highest BCUT2D eigenvalue weighted by Crippen LogP contribution is 2.16. The normalized spacial score (nSPS) is 11.2. The van der Waals surface area contributed by atoms with E-state index in [0.717, 1.165) is 0 Å². The van der Waals surface area contributed by atoms with Gasteiger partial charge in [-0.2, -0.15) is 0 Å². The Bertz CT molecular complexity index is 358. The second kappa shape index (κ2) is 4.62. The highest BCUT2D eigenvalue weighted by molar-refractivity contribution is 6.29. The van der Waals surface area contributed by atoms with Crippen molar-refractivity contribution in [1.29, 1.82) is 0 Å². The van der Waals surface area contributed by atoms with Gasteiger partial charge in [0, 0.05) is 11.5 Å². The minimum atomic E-state index is -0.390. The van der Waals surface area contributed by atoms with Crippen molar-refractivity contribution in [1.82, 2.24) is 4.98 Å². The summed E-state index contributed by atoms with van der Waals surface area (Å²) in [5.74, 6) is 0.407. The van der Waals surface area contributed by atoms with E-state index in [9.17, 15) is 4.79 Å². The fourth-order valence-electron chi connectivity index (χ4n) is 0.826. The van der Waals surface area contributed by atoms with Gasteiger partial charge in [0.25, 0.3) is 0 Å². The molecular weight excluding hydrogens is 214 g/mol. The van der Waals surface area contributed by atoms with E-state index in [-0.39, 0.29) is 12.4 Å². The Labute approximate surface area is 94.4 Å². The molecule has 0 aromatic carbocycles. The number of halogens is 1. The molecule has 4 heteroatoms. The highest BCUT2D eigenvalue weighted by atomic mass is 35.5. The second-order valence-electron chi connectivity index (χ2n) is 4.26. The number of Topliss-reactive ketones (excluding diaryl/α,β-unsaturated/α-hetero) is 1. The van der Waals surface area contributed by atoms with Crippen LogP contribution in [0.1, 0.15) is 20.8 Å². The predicted molar refractivity (Wildman–Crippen MR) is 59.2 cm³/mol. The summed E-state index contributed by atoms with van der Waals surface area (Å²) >= 11 is 5.67. The minimum absolute atomic E-state index is 0.0246. The molecule has 0 aliphatic carbocycles. The molecule has 0 fully saturated rings. The summed E-state index contributed by atoms with van der Waals surface area (Å²) in [4.78, 5) is 15.5. The summed E-state index contributed by atoms with van der Waals surface area (Å²) in [7, 11) is 0. The molecule has 0 saturated heterocycles. The molecule has 0 radical (unpaired) electrons. The number of ether oxygens (including phenoxy) is 1.